The lowest BCUT2D eigenvalue weighted by molar-refractivity contribution is -0.145. The lowest BCUT2D eigenvalue weighted by Crippen LogP contribution is -2.46. The van der Waals surface area contributed by atoms with Crippen molar-refractivity contribution < 1.29 is 14.3 Å². The Hall–Kier alpha value is -1.10. The number of amides is 2. The first-order chi connectivity index (χ1) is 9.59. The maximum absolute atomic E-state index is 12.1. The van der Waals surface area contributed by atoms with E-state index in [0.717, 1.165) is 0 Å². The number of carbonyl (C=O) groups excluding carboxylic acids is 2. The molecule has 2 amide bonds. The van der Waals surface area contributed by atoms with Gasteiger partial charge in [-0.15, -0.1) is 0 Å². The fraction of sp³-hybridized carbons (Fsp3) is 0.875. The third-order valence-electron chi connectivity index (χ3n) is 3.25. The van der Waals surface area contributed by atoms with Gasteiger partial charge in [0, 0.05) is 24.2 Å². The first-order valence-electron chi connectivity index (χ1n) is 7.79. The Balaban J connectivity index is 4.42. The third kappa shape index (κ3) is 6.46. The smallest absolute Gasteiger partial charge is 0.249 e. The lowest BCUT2D eigenvalue weighted by Gasteiger charge is -2.32. The minimum atomic E-state index is -0.0755. The van der Waals surface area contributed by atoms with Crippen molar-refractivity contribution in [3.8, 4) is 0 Å². The highest BCUT2D eigenvalue weighted by molar-refractivity contribution is 5.80. The van der Waals surface area contributed by atoms with Crippen molar-refractivity contribution in [1.82, 2.24) is 9.80 Å². The largest absolute Gasteiger partial charge is 0.362 e. The zero-order chi connectivity index (χ0) is 16.7. The summed E-state index contributed by atoms with van der Waals surface area (Å²) in [5.41, 5.74) is 0. The molecular weight excluding hydrogens is 268 g/mol. The van der Waals surface area contributed by atoms with E-state index in [1.54, 1.807) is 9.80 Å². The van der Waals surface area contributed by atoms with Crippen molar-refractivity contribution in [2.24, 2.45) is 0 Å². The van der Waals surface area contributed by atoms with Crippen molar-refractivity contribution in [2.75, 3.05) is 13.2 Å². The summed E-state index contributed by atoms with van der Waals surface area (Å²) >= 11 is 0. The van der Waals surface area contributed by atoms with Gasteiger partial charge >= 0.3 is 0 Å². The monoisotopic (exact) mass is 300 g/mol. The van der Waals surface area contributed by atoms with Gasteiger partial charge < -0.3 is 14.5 Å². The van der Waals surface area contributed by atoms with E-state index in [1.165, 1.54) is 0 Å². The van der Waals surface area contributed by atoms with Crippen LogP contribution in [0.25, 0.3) is 0 Å². The molecular formula is C16H32N2O3. The van der Waals surface area contributed by atoms with Crippen LogP contribution in [0, 0.1) is 0 Å². The number of ether oxygens (including phenoxy) is 1. The van der Waals surface area contributed by atoms with Gasteiger partial charge in [-0.1, -0.05) is 0 Å². The number of hydrogen-bond acceptors (Lipinski definition) is 3. The maximum atomic E-state index is 12.1. The quantitative estimate of drug-likeness (QED) is 0.691. The van der Waals surface area contributed by atoms with E-state index in [2.05, 4.69) is 0 Å². The summed E-state index contributed by atoms with van der Waals surface area (Å²) in [6, 6.07) is 0.499. The number of nitrogens with zero attached hydrogens (tertiary/aromatic N) is 2. The molecule has 0 saturated carbocycles. The summed E-state index contributed by atoms with van der Waals surface area (Å²) < 4.78 is 5.34. The first kappa shape index (κ1) is 19.9. The van der Waals surface area contributed by atoms with Gasteiger partial charge in [-0.05, 0) is 55.4 Å². The van der Waals surface area contributed by atoms with Crippen molar-refractivity contribution in [3.63, 3.8) is 0 Å². The molecule has 0 atom stereocenters. The van der Waals surface area contributed by atoms with Gasteiger partial charge in [0.05, 0.1) is 0 Å². The SMILES string of the molecule is CC(C)N(C(=O)COCC(=O)N(C(C)C)C(C)C)C(C)C. The van der Waals surface area contributed by atoms with Gasteiger partial charge in [-0.3, -0.25) is 9.59 Å². The highest BCUT2D eigenvalue weighted by atomic mass is 16.5. The molecule has 0 aromatic carbocycles. The zero-order valence-corrected chi connectivity index (χ0v) is 14.8. The molecule has 0 aliphatic heterocycles. The van der Waals surface area contributed by atoms with Crippen LogP contribution in [0.2, 0.25) is 0 Å². The minimum absolute atomic E-state index is 0.0495. The van der Waals surface area contributed by atoms with Gasteiger partial charge in [-0.25, -0.2) is 0 Å². The second-order valence-corrected chi connectivity index (χ2v) is 6.47. The van der Waals surface area contributed by atoms with Gasteiger partial charge in [0.1, 0.15) is 13.2 Å². The molecule has 5 nitrogen and oxygen atoms in total. The molecule has 0 aliphatic rings. The van der Waals surface area contributed by atoms with Gasteiger partial charge in [0.15, 0.2) is 0 Å². The fourth-order valence-electron chi connectivity index (χ4n) is 2.72. The number of hydrogen-bond donors (Lipinski definition) is 0. The molecule has 0 heterocycles. The van der Waals surface area contributed by atoms with E-state index in [-0.39, 0.29) is 49.2 Å². The first-order valence-corrected chi connectivity index (χ1v) is 7.79. The second-order valence-electron chi connectivity index (χ2n) is 6.47. The topological polar surface area (TPSA) is 49.9 Å². The molecule has 0 saturated heterocycles. The zero-order valence-electron chi connectivity index (χ0n) is 14.8. The van der Waals surface area contributed by atoms with Crippen LogP contribution in [0.1, 0.15) is 55.4 Å². The van der Waals surface area contributed by atoms with E-state index in [0.29, 0.717) is 0 Å². The highest BCUT2D eigenvalue weighted by Crippen LogP contribution is 2.07. The second kappa shape index (κ2) is 9.03. The average molecular weight is 300 g/mol. The van der Waals surface area contributed by atoms with Crippen LogP contribution in [0.5, 0.6) is 0 Å². The minimum Gasteiger partial charge on any atom is -0.362 e. The molecule has 0 aromatic heterocycles. The normalized spacial score (nSPS) is 11.6. The number of carbonyl (C=O) groups is 2. The lowest BCUT2D eigenvalue weighted by atomic mass is 10.2. The Morgan fingerprint density at radius 2 is 0.905 bits per heavy atom. The van der Waals surface area contributed by atoms with E-state index in [4.69, 9.17) is 4.74 Å². The molecule has 21 heavy (non-hydrogen) atoms. The van der Waals surface area contributed by atoms with E-state index in [1.807, 2.05) is 55.4 Å². The summed E-state index contributed by atoms with van der Waals surface area (Å²) in [5.74, 6) is -0.151. The van der Waals surface area contributed by atoms with Crippen molar-refractivity contribution in [3.05, 3.63) is 0 Å². The van der Waals surface area contributed by atoms with Crippen LogP contribution in [-0.4, -0.2) is 59.0 Å². The standard InChI is InChI=1S/C16H32N2O3/c1-11(2)17(12(3)4)15(19)9-21-10-16(20)18(13(5)6)14(7)8/h11-14H,9-10H2,1-8H3. The molecule has 0 fully saturated rings. The van der Waals surface area contributed by atoms with Crippen LogP contribution in [-0.2, 0) is 14.3 Å². The Bertz CT molecular complexity index is 290. The van der Waals surface area contributed by atoms with E-state index < -0.39 is 0 Å². The van der Waals surface area contributed by atoms with Gasteiger partial charge in [-0.2, -0.15) is 0 Å². The van der Waals surface area contributed by atoms with Crippen LogP contribution in [0.3, 0.4) is 0 Å². The molecule has 0 spiro atoms. The van der Waals surface area contributed by atoms with Crippen molar-refractivity contribution in [1.29, 1.82) is 0 Å². The van der Waals surface area contributed by atoms with Crippen molar-refractivity contribution in [2.45, 2.75) is 79.6 Å². The number of rotatable bonds is 8. The van der Waals surface area contributed by atoms with Crippen LogP contribution in [0.4, 0.5) is 0 Å². The Kier molecular flexibility index (Phi) is 8.55. The molecule has 124 valence electrons. The summed E-state index contributed by atoms with van der Waals surface area (Å²) in [7, 11) is 0. The summed E-state index contributed by atoms with van der Waals surface area (Å²) in [4.78, 5) is 27.8. The van der Waals surface area contributed by atoms with Crippen LogP contribution in [0.15, 0.2) is 0 Å². The van der Waals surface area contributed by atoms with E-state index >= 15 is 0 Å². The Morgan fingerprint density at radius 1 is 0.667 bits per heavy atom. The third-order valence-corrected chi connectivity index (χ3v) is 3.25. The van der Waals surface area contributed by atoms with Crippen LogP contribution >= 0.6 is 0 Å². The Labute approximate surface area is 129 Å². The van der Waals surface area contributed by atoms with Crippen LogP contribution < -0.4 is 0 Å². The molecule has 0 aliphatic carbocycles. The fourth-order valence-corrected chi connectivity index (χ4v) is 2.72. The van der Waals surface area contributed by atoms with Crippen molar-refractivity contribution >= 4 is 11.8 Å². The Morgan fingerprint density at radius 3 is 1.10 bits per heavy atom. The molecule has 0 radical (unpaired) electrons. The molecule has 0 bridgehead atoms. The predicted molar refractivity (Wildman–Crippen MR) is 85.1 cm³/mol. The molecule has 5 heteroatoms. The molecule has 0 rings (SSSR count). The van der Waals surface area contributed by atoms with Gasteiger partial charge in [0.25, 0.3) is 0 Å². The molecule has 0 unspecified atom stereocenters. The van der Waals surface area contributed by atoms with Gasteiger partial charge in [0.2, 0.25) is 11.8 Å². The summed E-state index contributed by atoms with van der Waals surface area (Å²) in [5, 5.41) is 0. The highest BCUT2D eigenvalue weighted by Gasteiger charge is 2.22. The summed E-state index contributed by atoms with van der Waals surface area (Å²) in [6.45, 7) is 15.7. The van der Waals surface area contributed by atoms with E-state index in [9.17, 15) is 9.59 Å². The molecule has 0 N–H and O–H groups in total. The summed E-state index contributed by atoms with van der Waals surface area (Å²) in [6.07, 6.45) is 0. The maximum Gasteiger partial charge on any atom is 0.249 e. The predicted octanol–water partition coefficient (Wildman–Crippen LogP) is 2.29. The molecule has 0 aromatic rings. The average Bonchev–Trinajstić information content (AvgIpc) is 2.26.